The number of hydrogen-bond acceptors (Lipinski definition) is 6. The van der Waals surface area contributed by atoms with Crippen LogP contribution >= 0.6 is 0 Å². The summed E-state index contributed by atoms with van der Waals surface area (Å²) in [4.78, 5) is 22.5. The van der Waals surface area contributed by atoms with Crippen LogP contribution in [-0.2, 0) is 14.8 Å². The van der Waals surface area contributed by atoms with Crippen molar-refractivity contribution in [1.29, 1.82) is 0 Å². The Hall–Kier alpha value is -2.98. The SMILES string of the molecule is Cc1ccc([N+](=O)[O-])cc1NC(=O)COc1ccc(S(=O)(=O)NC(C)(C)C)cc1. The van der Waals surface area contributed by atoms with Crippen molar-refractivity contribution in [3.63, 3.8) is 0 Å². The summed E-state index contributed by atoms with van der Waals surface area (Å²) in [7, 11) is -3.66. The number of nitrogens with zero attached hydrogens (tertiary/aromatic N) is 1. The summed E-state index contributed by atoms with van der Waals surface area (Å²) < 4.78 is 32.5. The molecule has 0 aliphatic heterocycles. The fourth-order valence-electron chi connectivity index (χ4n) is 2.37. The number of hydrogen-bond donors (Lipinski definition) is 2. The first kappa shape index (κ1) is 22.3. The van der Waals surface area contributed by atoms with Gasteiger partial charge in [0.2, 0.25) is 10.0 Å². The lowest BCUT2D eigenvalue weighted by atomic mass is 10.1. The van der Waals surface area contributed by atoms with Gasteiger partial charge in [0.1, 0.15) is 5.75 Å². The van der Waals surface area contributed by atoms with Crippen molar-refractivity contribution in [3.05, 3.63) is 58.1 Å². The molecule has 0 saturated heterocycles. The van der Waals surface area contributed by atoms with E-state index in [-0.39, 0.29) is 17.2 Å². The molecule has 1 amide bonds. The number of anilines is 1. The summed E-state index contributed by atoms with van der Waals surface area (Å²) in [5, 5.41) is 13.4. The summed E-state index contributed by atoms with van der Waals surface area (Å²) >= 11 is 0. The lowest BCUT2D eigenvalue weighted by Crippen LogP contribution is -2.40. The Morgan fingerprint density at radius 2 is 1.76 bits per heavy atom. The van der Waals surface area contributed by atoms with Gasteiger partial charge in [-0.15, -0.1) is 0 Å². The monoisotopic (exact) mass is 421 g/mol. The van der Waals surface area contributed by atoms with Crippen LogP contribution in [0, 0.1) is 17.0 Å². The Bertz CT molecular complexity index is 1010. The van der Waals surface area contributed by atoms with Crippen LogP contribution in [0.3, 0.4) is 0 Å². The van der Waals surface area contributed by atoms with Gasteiger partial charge in [-0.25, -0.2) is 13.1 Å². The molecule has 0 unspecified atom stereocenters. The van der Waals surface area contributed by atoms with E-state index < -0.39 is 26.4 Å². The van der Waals surface area contributed by atoms with E-state index in [1.165, 1.54) is 36.4 Å². The number of sulfonamides is 1. The zero-order valence-electron chi connectivity index (χ0n) is 16.6. The van der Waals surface area contributed by atoms with Gasteiger partial charge in [0.05, 0.1) is 15.5 Å². The number of non-ortho nitro benzene ring substituents is 1. The highest BCUT2D eigenvalue weighted by Crippen LogP contribution is 2.22. The maximum atomic E-state index is 12.3. The standard InChI is InChI=1S/C19H23N3O6S/c1-13-5-6-14(22(24)25)11-17(13)20-18(23)12-28-15-7-9-16(10-8-15)29(26,27)21-19(2,3)4/h5-11,21H,12H2,1-4H3,(H,20,23). The zero-order valence-corrected chi connectivity index (χ0v) is 17.4. The molecular formula is C19H23N3O6S. The molecule has 0 spiro atoms. The summed E-state index contributed by atoms with van der Waals surface area (Å²) in [6.07, 6.45) is 0. The number of rotatable bonds is 7. The molecule has 0 fully saturated rings. The number of aryl methyl sites for hydroxylation is 1. The van der Waals surface area contributed by atoms with E-state index in [4.69, 9.17) is 4.74 Å². The van der Waals surface area contributed by atoms with Gasteiger partial charge in [-0.1, -0.05) is 6.07 Å². The summed E-state index contributed by atoms with van der Waals surface area (Å²) in [6, 6.07) is 9.82. The smallest absolute Gasteiger partial charge is 0.271 e. The lowest BCUT2D eigenvalue weighted by molar-refractivity contribution is -0.384. The van der Waals surface area contributed by atoms with Crippen LogP contribution in [0.15, 0.2) is 47.4 Å². The highest BCUT2D eigenvalue weighted by Gasteiger charge is 2.21. The van der Waals surface area contributed by atoms with E-state index in [1.807, 2.05) is 0 Å². The van der Waals surface area contributed by atoms with Gasteiger partial charge >= 0.3 is 0 Å². The molecule has 0 aromatic heterocycles. The fourth-order valence-corrected chi connectivity index (χ4v) is 3.79. The number of carbonyl (C=O) groups is 1. The van der Waals surface area contributed by atoms with Gasteiger partial charge < -0.3 is 10.1 Å². The van der Waals surface area contributed by atoms with Crippen molar-refractivity contribution >= 4 is 27.3 Å². The molecule has 2 aromatic rings. The second-order valence-electron chi connectivity index (χ2n) is 7.42. The molecule has 156 valence electrons. The van der Waals surface area contributed by atoms with Crippen molar-refractivity contribution in [1.82, 2.24) is 4.72 Å². The number of amides is 1. The minimum Gasteiger partial charge on any atom is -0.484 e. The normalized spacial score (nSPS) is 11.7. The van der Waals surface area contributed by atoms with Crippen molar-refractivity contribution in [3.8, 4) is 5.75 Å². The Morgan fingerprint density at radius 3 is 2.31 bits per heavy atom. The Balaban J connectivity index is 1.99. The van der Waals surface area contributed by atoms with Crippen molar-refractivity contribution in [2.24, 2.45) is 0 Å². The van der Waals surface area contributed by atoms with Gasteiger partial charge in [-0.2, -0.15) is 0 Å². The van der Waals surface area contributed by atoms with Crippen LogP contribution in [0.5, 0.6) is 5.75 Å². The first-order valence-electron chi connectivity index (χ1n) is 8.69. The van der Waals surface area contributed by atoms with Crippen LogP contribution in [0.1, 0.15) is 26.3 Å². The first-order chi connectivity index (χ1) is 13.4. The Morgan fingerprint density at radius 1 is 1.14 bits per heavy atom. The largest absolute Gasteiger partial charge is 0.484 e. The summed E-state index contributed by atoms with van der Waals surface area (Å²) in [6.45, 7) is 6.59. The fraction of sp³-hybridized carbons (Fsp3) is 0.316. The number of carbonyl (C=O) groups excluding carboxylic acids is 1. The number of nitro groups is 1. The Labute approximate surface area is 169 Å². The lowest BCUT2D eigenvalue weighted by Gasteiger charge is -2.20. The molecule has 2 N–H and O–H groups in total. The quantitative estimate of drug-likeness (QED) is 0.522. The van der Waals surface area contributed by atoms with Crippen molar-refractivity contribution < 1.29 is 22.9 Å². The highest BCUT2D eigenvalue weighted by molar-refractivity contribution is 7.89. The first-order valence-corrected chi connectivity index (χ1v) is 10.2. The van der Waals surface area contributed by atoms with E-state index in [2.05, 4.69) is 10.0 Å². The van der Waals surface area contributed by atoms with Crippen molar-refractivity contribution in [2.45, 2.75) is 38.1 Å². The van der Waals surface area contributed by atoms with E-state index >= 15 is 0 Å². The summed E-state index contributed by atoms with van der Waals surface area (Å²) in [5.41, 5.74) is 0.247. The predicted molar refractivity (Wildman–Crippen MR) is 108 cm³/mol. The molecule has 2 aromatic carbocycles. The Kier molecular flexibility index (Phi) is 6.60. The highest BCUT2D eigenvalue weighted by atomic mass is 32.2. The predicted octanol–water partition coefficient (Wildman–Crippen LogP) is 3.00. The minimum atomic E-state index is -3.66. The molecule has 0 aliphatic rings. The van der Waals surface area contributed by atoms with Crippen LogP contribution in [0.4, 0.5) is 11.4 Å². The molecule has 0 bridgehead atoms. The maximum Gasteiger partial charge on any atom is 0.271 e. The van der Waals surface area contributed by atoms with Gasteiger partial charge in [-0.3, -0.25) is 14.9 Å². The molecule has 0 radical (unpaired) electrons. The second-order valence-corrected chi connectivity index (χ2v) is 9.10. The molecule has 0 heterocycles. The molecule has 9 nitrogen and oxygen atoms in total. The molecular weight excluding hydrogens is 398 g/mol. The van der Waals surface area contributed by atoms with Crippen molar-refractivity contribution in [2.75, 3.05) is 11.9 Å². The number of nitro benzene ring substituents is 1. The maximum absolute atomic E-state index is 12.3. The molecule has 0 aliphatic carbocycles. The van der Waals surface area contributed by atoms with Gasteiger partial charge in [0.25, 0.3) is 11.6 Å². The average Bonchev–Trinajstić information content (AvgIpc) is 2.60. The van der Waals surface area contributed by atoms with E-state index in [0.717, 1.165) is 0 Å². The number of ether oxygens (including phenoxy) is 1. The molecule has 2 rings (SSSR count). The van der Waals surface area contributed by atoms with E-state index in [9.17, 15) is 23.3 Å². The van der Waals surface area contributed by atoms with Crippen LogP contribution < -0.4 is 14.8 Å². The number of nitrogens with one attached hydrogen (secondary N) is 2. The van der Waals surface area contributed by atoms with Gasteiger partial charge in [-0.05, 0) is 57.5 Å². The second kappa shape index (κ2) is 8.58. The molecule has 0 saturated carbocycles. The average molecular weight is 421 g/mol. The van der Waals surface area contributed by atoms with E-state index in [0.29, 0.717) is 17.0 Å². The number of benzene rings is 2. The van der Waals surface area contributed by atoms with Crippen LogP contribution in [-0.4, -0.2) is 31.4 Å². The van der Waals surface area contributed by atoms with Crippen LogP contribution in [0.2, 0.25) is 0 Å². The molecule has 29 heavy (non-hydrogen) atoms. The zero-order chi connectivity index (χ0) is 21.8. The van der Waals surface area contributed by atoms with Gasteiger partial charge in [0, 0.05) is 17.7 Å². The summed E-state index contributed by atoms with van der Waals surface area (Å²) in [5.74, 6) is -0.190. The third kappa shape index (κ3) is 6.54. The van der Waals surface area contributed by atoms with Crippen LogP contribution in [0.25, 0.3) is 0 Å². The molecule has 10 heteroatoms. The third-order valence-corrected chi connectivity index (χ3v) is 5.42. The topological polar surface area (TPSA) is 128 Å². The molecule has 0 atom stereocenters. The minimum absolute atomic E-state index is 0.0800. The van der Waals surface area contributed by atoms with Gasteiger partial charge in [0.15, 0.2) is 6.61 Å². The van der Waals surface area contributed by atoms with E-state index in [1.54, 1.807) is 33.8 Å². The third-order valence-electron chi connectivity index (χ3n) is 3.65.